The van der Waals surface area contributed by atoms with E-state index in [2.05, 4.69) is 0 Å². The summed E-state index contributed by atoms with van der Waals surface area (Å²) in [6.45, 7) is 0. The molecular formula is C8H4Cl6. The maximum absolute atomic E-state index is 5.94. The van der Waals surface area contributed by atoms with Crippen LogP contribution >= 0.6 is 69.6 Å². The summed E-state index contributed by atoms with van der Waals surface area (Å²) < 4.78 is 0. The second-order valence-electron chi connectivity index (χ2n) is 2.48. The average molecular weight is 313 g/mol. The van der Waals surface area contributed by atoms with E-state index >= 15 is 0 Å². The molecular weight excluding hydrogens is 309 g/mol. The van der Waals surface area contributed by atoms with Crippen molar-refractivity contribution in [1.82, 2.24) is 0 Å². The molecule has 0 fully saturated rings. The van der Waals surface area contributed by atoms with E-state index in [1.807, 2.05) is 0 Å². The first-order valence-electron chi connectivity index (χ1n) is 3.50. The van der Waals surface area contributed by atoms with Gasteiger partial charge in [-0.3, -0.25) is 0 Å². The molecule has 78 valence electrons. The molecule has 0 aliphatic rings. The zero-order valence-electron chi connectivity index (χ0n) is 6.68. The zero-order valence-corrected chi connectivity index (χ0v) is 11.2. The Balaban J connectivity index is 3.55. The lowest BCUT2D eigenvalue weighted by atomic mass is 10.1. The Bertz CT molecular complexity index is 295. The molecule has 0 nitrogen and oxygen atoms in total. The highest BCUT2D eigenvalue weighted by Gasteiger charge is 2.18. The van der Waals surface area contributed by atoms with Gasteiger partial charge < -0.3 is 0 Å². The van der Waals surface area contributed by atoms with Gasteiger partial charge in [0.25, 0.3) is 0 Å². The van der Waals surface area contributed by atoms with Crippen LogP contribution in [0.2, 0.25) is 20.1 Å². The second kappa shape index (κ2) is 5.34. The SMILES string of the molecule is ClCc1c(Cl)c(Cl)c(CCl)c(Cl)c1Cl. The van der Waals surface area contributed by atoms with Gasteiger partial charge in [0.05, 0.1) is 31.9 Å². The van der Waals surface area contributed by atoms with Crippen molar-refractivity contribution in [3.8, 4) is 0 Å². The van der Waals surface area contributed by atoms with Crippen molar-refractivity contribution in [3.63, 3.8) is 0 Å². The summed E-state index contributed by atoms with van der Waals surface area (Å²) in [7, 11) is 0. The molecule has 14 heavy (non-hydrogen) atoms. The fourth-order valence-electron chi connectivity index (χ4n) is 0.957. The number of hydrogen-bond donors (Lipinski definition) is 0. The van der Waals surface area contributed by atoms with Crippen molar-refractivity contribution in [2.24, 2.45) is 0 Å². The largest absolute Gasteiger partial charge is 0.121 e. The molecule has 1 aromatic rings. The van der Waals surface area contributed by atoms with Gasteiger partial charge in [-0.1, -0.05) is 46.4 Å². The summed E-state index contributed by atoms with van der Waals surface area (Å²) in [6, 6.07) is 0. The highest BCUT2D eigenvalue weighted by molar-refractivity contribution is 6.49. The van der Waals surface area contributed by atoms with Gasteiger partial charge >= 0.3 is 0 Å². The van der Waals surface area contributed by atoms with Gasteiger partial charge in [0.1, 0.15) is 0 Å². The lowest BCUT2D eigenvalue weighted by Gasteiger charge is -2.12. The quantitative estimate of drug-likeness (QED) is 0.480. The number of benzene rings is 1. The van der Waals surface area contributed by atoms with E-state index in [-0.39, 0.29) is 11.8 Å². The molecule has 0 atom stereocenters. The predicted molar refractivity (Wildman–Crippen MR) is 65.6 cm³/mol. The summed E-state index contributed by atoms with van der Waals surface area (Å²) in [5, 5.41) is 1.25. The van der Waals surface area contributed by atoms with E-state index in [9.17, 15) is 0 Å². The Morgan fingerprint density at radius 3 is 0.929 bits per heavy atom. The molecule has 0 aliphatic heterocycles. The van der Waals surface area contributed by atoms with E-state index in [1.165, 1.54) is 0 Å². The smallest absolute Gasteiger partial charge is 0.0655 e. The lowest BCUT2D eigenvalue weighted by Crippen LogP contribution is -1.92. The number of rotatable bonds is 2. The molecule has 0 radical (unpaired) electrons. The molecule has 0 bridgehead atoms. The van der Waals surface area contributed by atoms with E-state index in [1.54, 1.807) is 0 Å². The first-order valence-corrected chi connectivity index (χ1v) is 6.08. The summed E-state index contributed by atoms with van der Waals surface area (Å²) in [5.74, 6) is 0.305. The summed E-state index contributed by atoms with van der Waals surface area (Å²) in [5.41, 5.74) is 1.05. The van der Waals surface area contributed by atoms with E-state index in [0.717, 1.165) is 0 Å². The van der Waals surface area contributed by atoms with Crippen LogP contribution in [0.3, 0.4) is 0 Å². The van der Waals surface area contributed by atoms with Crippen LogP contribution in [0.4, 0.5) is 0 Å². The topological polar surface area (TPSA) is 0 Å². The zero-order chi connectivity index (χ0) is 10.9. The van der Waals surface area contributed by atoms with E-state index in [0.29, 0.717) is 31.2 Å². The van der Waals surface area contributed by atoms with Crippen LogP contribution in [0.25, 0.3) is 0 Å². The Morgan fingerprint density at radius 2 is 0.786 bits per heavy atom. The van der Waals surface area contributed by atoms with Crippen LogP contribution in [0.15, 0.2) is 0 Å². The first-order chi connectivity index (χ1) is 6.54. The molecule has 1 rings (SSSR count). The number of halogens is 6. The van der Waals surface area contributed by atoms with Crippen molar-refractivity contribution in [2.75, 3.05) is 0 Å². The summed E-state index contributed by atoms with van der Waals surface area (Å²) in [6.07, 6.45) is 0. The van der Waals surface area contributed by atoms with Crippen LogP contribution in [0, 0.1) is 0 Å². The predicted octanol–water partition coefficient (Wildman–Crippen LogP) is 5.78. The third-order valence-electron chi connectivity index (χ3n) is 1.71. The van der Waals surface area contributed by atoms with Gasteiger partial charge in [-0.25, -0.2) is 0 Å². The van der Waals surface area contributed by atoms with Gasteiger partial charge in [0.15, 0.2) is 0 Å². The molecule has 0 saturated carbocycles. The molecule has 0 aromatic heterocycles. The van der Waals surface area contributed by atoms with E-state index in [4.69, 9.17) is 69.6 Å². The third kappa shape index (κ3) is 2.21. The van der Waals surface area contributed by atoms with Crippen molar-refractivity contribution in [2.45, 2.75) is 11.8 Å². The fraction of sp³-hybridized carbons (Fsp3) is 0.250. The van der Waals surface area contributed by atoms with Crippen molar-refractivity contribution < 1.29 is 0 Å². The summed E-state index contributed by atoms with van der Waals surface area (Å²) in [4.78, 5) is 0. The minimum atomic E-state index is 0.152. The van der Waals surface area contributed by atoms with Gasteiger partial charge in [-0.2, -0.15) is 0 Å². The van der Waals surface area contributed by atoms with Gasteiger partial charge in [-0.05, 0) is 0 Å². The van der Waals surface area contributed by atoms with Crippen molar-refractivity contribution in [1.29, 1.82) is 0 Å². The monoisotopic (exact) mass is 310 g/mol. The molecule has 1 aromatic carbocycles. The molecule has 0 aliphatic carbocycles. The maximum Gasteiger partial charge on any atom is 0.0655 e. The molecule has 0 spiro atoms. The number of hydrogen-bond acceptors (Lipinski definition) is 0. The van der Waals surface area contributed by atoms with Gasteiger partial charge in [0.2, 0.25) is 0 Å². The standard InChI is InChI=1S/C8H4Cl6/c9-1-3-5(11)7(13)4(2-10)8(14)6(3)12/h1-2H2. The Kier molecular flexibility index (Phi) is 4.97. The van der Waals surface area contributed by atoms with Gasteiger partial charge in [-0.15, -0.1) is 23.2 Å². The number of alkyl halides is 2. The Labute approximate surface area is 112 Å². The minimum absolute atomic E-state index is 0.152. The molecule has 0 amide bonds. The van der Waals surface area contributed by atoms with Crippen LogP contribution in [-0.2, 0) is 11.8 Å². The fourth-order valence-corrected chi connectivity index (χ4v) is 2.96. The molecule has 6 heteroatoms. The highest BCUT2D eigenvalue weighted by atomic mass is 35.5. The minimum Gasteiger partial charge on any atom is -0.121 e. The third-order valence-corrected chi connectivity index (χ3v) is 4.11. The Morgan fingerprint density at radius 1 is 0.571 bits per heavy atom. The molecule has 0 unspecified atom stereocenters. The normalized spacial score (nSPS) is 10.7. The van der Waals surface area contributed by atoms with Crippen LogP contribution in [0.5, 0.6) is 0 Å². The average Bonchev–Trinajstić information content (AvgIpc) is 2.17. The first kappa shape index (κ1) is 13.0. The second-order valence-corrected chi connectivity index (χ2v) is 4.53. The van der Waals surface area contributed by atoms with Crippen LogP contribution in [-0.4, -0.2) is 0 Å². The maximum atomic E-state index is 5.94. The highest BCUT2D eigenvalue weighted by Crippen LogP contribution is 2.42. The molecule has 0 saturated heterocycles. The van der Waals surface area contributed by atoms with Crippen LogP contribution < -0.4 is 0 Å². The van der Waals surface area contributed by atoms with Crippen LogP contribution in [0.1, 0.15) is 11.1 Å². The van der Waals surface area contributed by atoms with Crippen molar-refractivity contribution >= 4 is 69.6 Å². The molecule has 0 N–H and O–H groups in total. The Hall–Kier alpha value is 0.960. The summed E-state index contributed by atoms with van der Waals surface area (Å²) >= 11 is 35.1. The van der Waals surface area contributed by atoms with Gasteiger partial charge in [0, 0.05) is 11.1 Å². The lowest BCUT2D eigenvalue weighted by molar-refractivity contribution is 1.33. The molecule has 0 heterocycles. The van der Waals surface area contributed by atoms with Crippen molar-refractivity contribution in [3.05, 3.63) is 31.2 Å². The van der Waals surface area contributed by atoms with E-state index < -0.39 is 0 Å².